The van der Waals surface area contributed by atoms with Gasteiger partial charge in [-0.05, 0) is 25.6 Å². The largest absolute Gasteiger partial charge is 0.493 e. The molecule has 2 rings (SSSR count). The fourth-order valence-corrected chi connectivity index (χ4v) is 3.39. The van der Waals surface area contributed by atoms with Crippen molar-refractivity contribution in [3.05, 3.63) is 63.7 Å². The second-order valence-electron chi connectivity index (χ2n) is 6.57. The maximum absolute atomic E-state index is 12.9. The normalized spacial score (nSPS) is 11.8. The lowest BCUT2D eigenvalue weighted by molar-refractivity contribution is -0.385. The molecule has 0 radical (unpaired) electrons. The van der Waals surface area contributed by atoms with Crippen molar-refractivity contribution in [3.8, 4) is 11.5 Å². The van der Waals surface area contributed by atoms with Gasteiger partial charge in [-0.3, -0.25) is 19.8 Å². The Morgan fingerprint density at radius 3 is 2.33 bits per heavy atom. The summed E-state index contributed by atoms with van der Waals surface area (Å²) in [4.78, 5) is 26.1. The zero-order chi connectivity index (χ0) is 22.1. The Bertz CT molecular complexity index is 853. The summed E-state index contributed by atoms with van der Waals surface area (Å²) in [6, 6.07) is 12.4. The molecule has 30 heavy (non-hydrogen) atoms. The average Bonchev–Trinajstić information content (AvgIpc) is 2.76. The van der Waals surface area contributed by atoms with E-state index >= 15 is 0 Å². The lowest BCUT2D eigenvalue weighted by Gasteiger charge is -2.30. The van der Waals surface area contributed by atoms with Crippen molar-refractivity contribution in [2.75, 3.05) is 33.4 Å². The zero-order valence-electron chi connectivity index (χ0n) is 17.9. The molecule has 0 aromatic heterocycles. The molecule has 0 aliphatic heterocycles. The van der Waals surface area contributed by atoms with Crippen LogP contribution >= 0.6 is 0 Å². The Balaban J connectivity index is 2.32. The van der Waals surface area contributed by atoms with Gasteiger partial charge < -0.3 is 14.8 Å². The highest BCUT2D eigenvalue weighted by molar-refractivity contribution is 5.99. The summed E-state index contributed by atoms with van der Waals surface area (Å²) in [5.74, 6) is -0.0251. The minimum Gasteiger partial charge on any atom is -0.493 e. The molecule has 0 fully saturated rings. The summed E-state index contributed by atoms with van der Waals surface area (Å²) in [5, 5.41) is 14.4. The van der Waals surface area contributed by atoms with Crippen LogP contribution in [0.3, 0.4) is 0 Å². The van der Waals surface area contributed by atoms with Crippen molar-refractivity contribution in [2.24, 2.45) is 0 Å². The molecule has 8 heteroatoms. The van der Waals surface area contributed by atoms with E-state index in [9.17, 15) is 14.9 Å². The fourth-order valence-electron chi connectivity index (χ4n) is 3.39. The van der Waals surface area contributed by atoms with Gasteiger partial charge >= 0.3 is 0 Å². The van der Waals surface area contributed by atoms with Gasteiger partial charge in [-0.15, -0.1) is 0 Å². The average molecular weight is 415 g/mol. The number of hydrogen-bond acceptors (Lipinski definition) is 6. The molecule has 0 bridgehead atoms. The Morgan fingerprint density at radius 2 is 1.80 bits per heavy atom. The van der Waals surface area contributed by atoms with E-state index in [1.54, 1.807) is 6.92 Å². The van der Waals surface area contributed by atoms with Crippen molar-refractivity contribution in [2.45, 2.75) is 26.8 Å². The summed E-state index contributed by atoms with van der Waals surface area (Å²) in [5.41, 5.74) is 0.684. The van der Waals surface area contributed by atoms with Crippen molar-refractivity contribution >= 4 is 11.6 Å². The molecular weight excluding hydrogens is 386 g/mol. The van der Waals surface area contributed by atoms with Gasteiger partial charge in [-0.25, -0.2) is 0 Å². The van der Waals surface area contributed by atoms with Gasteiger partial charge in [-0.1, -0.05) is 44.2 Å². The number of nitrogens with one attached hydrogen (secondary N) is 1. The van der Waals surface area contributed by atoms with Crippen molar-refractivity contribution < 1.29 is 19.2 Å². The summed E-state index contributed by atoms with van der Waals surface area (Å²) < 4.78 is 10.7. The van der Waals surface area contributed by atoms with Crippen LogP contribution in [-0.4, -0.2) is 49.1 Å². The highest BCUT2D eigenvalue weighted by atomic mass is 16.6. The molecule has 8 nitrogen and oxygen atoms in total. The Kier molecular flexibility index (Phi) is 8.61. The van der Waals surface area contributed by atoms with E-state index in [1.807, 2.05) is 30.3 Å². The van der Waals surface area contributed by atoms with Gasteiger partial charge in [0.25, 0.3) is 11.6 Å². The smallest absolute Gasteiger partial charge is 0.286 e. The SMILES string of the molecule is CCOc1cc(C(=O)NCC(c2ccccc2)N(CC)CC)c([N+](=O)[O-])cc1OC. The highest BCUT2D eigenvalue weighted by Gasteiger charge is 2.26. The molecule has 0 aliphatic rings. The van der Waals surface area contributed by atoms with Crippen LogP contribution < -0.4 is 14.8 Å². The molecule has 0 saturated carbocycles. The molecule has 0 aliphatic carbocycles. The molecule has 2 aromatic carbocycles. The minimum absolute atomic E-state index is 0.0474. The Hall–Kier alpha value is -3.13. The summed E-state index contributed by atoms with van der Waals surface area (Å²) >= 11 is 0. The third kappa shape index (κ3) is 5.48. The molecule has 1 amide bonds. The van der Waals surface area contributed by atoms with Gasteiger partial charge in [0.15, 0.2) is 11.5 Å². The lowest BCUT2D eigenvalue weighted by Crippen LogP contribution is -2.38. The third-order valence-electron chi connectivity index (χ3n) is 4.92. The fraction of sp³-hybridized carbons (Fsp3) is 0.409. The van der Waals surface area contributed by atoms with Gasteiger partial charge in [0.2, 0.25) is 0 Å². The number of hydrogen-bond donors (Lipinski definition) is 1. The molecule has 0 spiro atoms. The number of likely N-dealkylation sites (N-methyl/N-ethyl adjacent to an activating group) is 1. The molecule has 1 atom stereocenters. The van der Waals surface area contributed by atoms with Gasteiger partial charge in [0, 0.05) is 12.6 Å². The van der Waals surface area contributed by atoms with Crippen LogP contribution in [0.25, 0.3) is 0 Å². The van der Waals surface area contributed by atoms with Crippen LogP contribution in [0.15, 0.2) is 42.5 Å². The quantitative estimate of drug-likeness (QED) is 0.443. The number of nitro benzene ring substituents is 1. The molecule has 162 valence electrons. The molecule has 1 unspecified atom stereocenters. The molecular formula is C22H29N3O5. The number of nitro groups is 1. The van der Waals surface area contributed by atoms with Crippen LogP contribution in [0.2, 0.25) is 0 Å². The molecule has 0 saturated heterocycles. The number of amides is 1. The maximum Gasteiger partial charge on any atom is 0.286 e. The third-order valence-corrected chi connectivity index (χ3v) is 4.92. The van der Waals surface area contributed by atoms with Crippen LogP contribution in [0.4, 0.5) is 5.69 Å². The van der Waals surface area contributed by atoms with E-state index in [1.165, 1.54) is 19.2 Å². The molecule has 0 heterocycles. The van der Waals surface area contributed by atoms with Crippen LogP contribution in [-0.2, 0) is 0 Å². The zero-order valence-corrected chi connectivity index (χ0v) is 17.9. The first-order chi connectivity index (χ1) is 14.5. The second kappa shape index (κ2) is 11.2. The van der Waals surface area contributed by atoms with Crippen molar-refractivity contribution in [3.63, 3.8) is 0 Å². The van der Waals surface area contributed by atoms with Gasteiger partial charge in [0.1, 0.15) is 5.56 Å². The Morgan fingerprint density at radius 1 is 1.13 bits per heavy atom. The number of ether oxygens (including phenoxy) is 2. The topological polar surface area (TPSA) is 93.9 Å². The first-order valence-corrected chi connectivity index (χ1v) is 10.0. The van der Waals surface area contributed by atoms with E-state index < -0.39 is 10.8 Å². The van der Waals surface area contributed by atoms with Gasteiger partial charge in [-0.2, -0.15) is 0 Å². The number of carbonyl (C=O) groups excluding carboxylic acids is 1. The number of methoxy groups -OCH3 is 1. The Labute approximate surface area is 176 Å². The standard InChI is InChI=1S/C22H29N3O5/c1-5-24(6-2)19(16-11-9-8-10-12-16)15-23-22(26)17-13-21(30-7-3)20(29-4)14-18(17)25(27)28/h8-14,19H,5-7,15H2,1-4H3,(H,23,26). The predicted octanol–water partition coefficient (Wildman–Crippen LogP) is 3.82. The number of carbonyl (C=O) groups is 1. The van der Waals surface area contributed by atoms with Gasteiger partial charge in [0.05, 0.1) is 30.7 Å². The number of rotatable bonds is 11. The van der Waals surface area contributed by atoms with E-state index in [0.717, 1.165) is 18.7 Å². The van der Waals surface area contributed by atoms with E-state index in [2.05, 4.69) is 24.1 Å². The van der Waals surface area contributed by atoms with Crippen molar-refractivity contribution in [1.82, 2.24) is 10.2 Å². The van der Waals surface area contributed by atoms with E-state index in [-0.39, 0.29) is 23.0 Å². The first-order valence-electron chi connectivity index (χ1n) is 10.0. The minimum atomic E-state index is -0.591. The second-order valence-corrected chi connectivity index (χ2v) is 6.57. The summed E-state index contributed by atoms with van der Waals surface area (Å²) in [6.45, 7) is 8.18. The number of nitrogens with zero attached hydrogens (tertiary/aromatic N) is 2. The van der Waals surface area contributed by atoms with Crippen LogP contribution in [0, 0.1) is 10.1 Å². The van der Waals surface area contributed by atoms with E-state index in [4.69, 9.17) is 9.47 Å². The number of benzene rings is 2. The maximum atomic E-state index is 12.9. The van der Waals surface area contributed by atoms with Crippen LogP contribution in [0.5, 0.6) is 11.5 Å². The van der Waals surface area contributed by atoms with Crippen LogP contribution in [0.1, 0.15) is 42.7 Å². The monoisotopic (exact) mass is 415 g/mol. The molecule has 1 N–H and O–H groups in total. The van der Waals surface area contributed by atoms with E-state index in [0.29, 0.717) is 18.9 Å². The molecule has 2 aromatic rings. The summed E-state index contributed by atoms with van der Waals surface area (Å²) in [7, 11) is 1.40. The lowest BCUT2D eigenvalue weighted by atomic mass is 10.0. The summed E-state index contributed by atoms with van der Waals surface area (Å²) in [6.07, 6.45) is 0. The first kappa shape index (κ1) is 23.2. The predicted molar refractivity (Wildman–Crippen MR) is 115 cm³/mol. The van der Waals surface area contributed by atoms with Crippen molar-refractivity contribution in [1.29, 1.82) is 0 Å². The highest BCUT2D eigenvalue weighted by Crippen LogP contribution is 2.34.